The van der Waals surface area contributed by atoms with Crippen LogP contribution in [0.1, 0.15) is 10.9 Å². The van der Waals surface area contributed by atoms with E-state index in [1.807, 2.05) is 23.9 Å². The Balaban J connectivity index is 0.000000980. The lowest BCUT2D eigenvalue weighted by Gasteiger charge is -2.13. The first-order chi connectivity index (χ1) is 6.42. The van der Waals surface area contributed by atoms with E-state index in [-0.39, 0.29) is 12.4 Å². The van der Waals surface area contributed by atoms with Gasteiger partial charge in [-0.1, -0.05) is 18.2 Å². The van der Waals surface area contributed by atoms with Gasteiger partial charge in [0.15, 0.2) is 0 Å². The largest absolute Gasteiger partial charge is 0.496 e. The molecule has 2 nitrogen and oxygen atoms in total. The van der Waals surface area contributed by atoms with Crippen LogP contribution in [0, 0.1) is 0 Å². The summed E-state index contributed by atoms with van der Waals surface area (Å²) in [6, 6.07) is 8.19. The Kier molecular flexibility index (Phi) is 4.58. The van der Waals surface area contributed by atoms with Gasteiger partial charge in [-0.25, -0.2) is 0 Å². The molecular weight excluding hydrogens is 218 g/mol. The molecule has 0 bridgehead atoms. The van der Waals surface area contributed by atoms with E-state index in [1.54, 1.807) is 7.11 Å². The molecule has 0 saturated carbocycles. The van der Waals surface area contributed by atoms with Gasteiger partial charge >= 0.3 is 0 Å². The van der Waals surface area contributed by atoms with Crippen LogP contribution in [-0.2, 0) is 0 Å². The molecule has 1 N–H and O–H groups in total. The summed E-state index contributed by atoms with van der Waals surface area (Å²) in [5.41, 5.74) is 1.26. The molecule has 1 aromatic rings. The van der Waals surface area contributed by atoms with E-state index in [4.69, 9.17) is 4.74 Å². The molecule has 1 fully saturated rings. The fraction of sp³-hybridized carbons (Fsp3) is 0.400. The quantitative estimate of drug-likeness (QED) is 0.845. The van der Waals surface area contributed by atoms with Gasteiger partial charge in [0.25, 0.3) is 0 Å². The molecule has 4 heteroatoms. The van der Waals surface area contributed by atoms with Crippen LogP contribution in [0.2, 0.25) is 0 Å². The van der Waals surface area contributed by atoms with E-state index in [2.05, 4.69) is 17.4 Å². The molecule has 2 rings (SSSR count). The monoisotopic (exact) mass is 231 g/mol. The number of para-hydroxylation sites is 1. The number of ether oxygens (including phenoxy) is 1. The van der Waals surface area contributed by atoms with E-state index < -0.39 is 0 Å². The van der Waals surface area contributed by atoms with E-state index in [9.17, 15) is 0 Å². The zero-order valence-electron chi connectivity index (χ0n) is 8.03. The van der Waals surface area contributed by atoms with Crippen LogP contribution < -0.4 is 10.1 Å². The molecular formula is C10H14ClNOS. The number of thioether (sulfide) groups is 1. The molecule has 0 radical (unpaired) electrons. The molecule has 0 amide bonds. The third kappa shape index (κ3) is 2.35. The fourth-order valence-corrected chi connectivity index (χ4v) is 2.59. The van der Waals surface area contributed by atoms with Crippen molar-refractivity contribution in [3.63, 3.8) is 0 Å². The molecule has 0 spiro atoms. The Hall–Kier alpha value is -0.380. The standard InChI is InChI=1S/C10H13NOS.ClH/c1-12-9-5-3-2-4-8(9)10-11-6-7-13-10;/h2-5,10-11H,6-7H2,1H3;1H. The first kappa shape index (κ1) is 11.7. The maximum absolute atomic E-state index is 5.30. The highest BCUT2D eigenvalue weighted by atomic mass is 35.5. The predicted molar refractivity (Wildman–Crippen MR) is 63.4 cm³/mol. The summed E-state index contributed by atoms with van der Waals surface area (Å²) in [5, 5.41) is 3.84. The van der Waals surface area contributed by atoms with Gasteiger partial charge in [0.2, 0.25) is 0 Å². The second-order valence-electron chi connectivity index (χ2n) is 2.95. The molecule has 1 aliphatic heterocycles. The number of halogens is 1. The molecule has 1 aromatic carbocycles. The van der Waals surface area contributed by atoms with Crippen LogP contribution in [0.25, 0.3) is 0 Å². The van der Waals surface area contributed by atoms with Crippen LogP contribution in [0.4, 0.5) is 0 Å². The van der Waals surface area contributed by atoms with Gasteiger partial charge in [-0.15, -0.1) is 24.2 Å². The molecule has 1 heterocycles. The Morgan fingerprint density at radius 1 is 1.43 bits per heavy atom. The average molecular weight is 232 g/mol. The Morgan fingerprint density at radius 3 is 2.86 bits per heavy atom. The highest BCUT2D eigenvalue weighted by Gasteiger charge is 2.19. The normalized spacial score (nSPS) is 20.2. The van der Waals surface area contributed by atoms with E-state index in [0.717, 1.165) is 12.3 Å². The van der Waals surface area contributed by atoms with E-state index in [0.29, 0.717) is 5.37 Å². The van der Waals surface area contributed by atoms with Crippen molar-refractivity contribution < 1.29 is 4.74 Å². The minimum atomic E-state index is 0. The van der Waals surface area contributed by atoms with Gasteiger partial charge in [-0.05, 0) is 6.07 Å². The molecule has 0 aromatic heterocycles. The molecule has 1 atom stereocenters. The lowest BCUT2D eigenvalue weighted by atomic mass is 10.2. The molecule has 1 saturated heterocycles. The van der Waals surface area contributed by atoms with Crippen LogP contribution in [0.3, 0.4) is 0 Å². The van der Waals surface area contributed by atoms with Crippen molar-refractivity contribution in [3.8, 4) is 5.75 Å². The van der Waals surface area contributed by atoms with Gasteiger partial charge in [0, 0.05) is 17.9 Å². The minimum Gasteiger partial charge on any atom is -0.496 e. The topological polar surface area (TPSA) is 21.3 Å². The van der Waals surface area contributed by atoms with Gasteiger partial charge in [0.05, 0.1) is 12.5 Å². The summed E-state index contributed by atoms with van der Waals surface area (Å²) in [6.45, 7) is 1.09. The Labute approximate surface area is 94.8 Å². The van der Waals surface area contributed by atoms with Crippen molar-refractivity contribution in [2.24, 2.45) is 0 Å². The third-order valence-electron chi connectivity index (χ3n) is 2.14. The second kappa shape index (κ2) is 5.49. The smallest absolute Gasteiger partial charge is 0.124 e. The van der Waals surface area contributed by atoms with Gasteiger partial charge in [-0.3, -0.25) is 0 Å². The first-order valence-corrected chi connectivity index (χ1v) is 5.44. The summed E-state index contributed by atoms with van der Waals surface area (Å²) in [5.74, 6) is 2.16. The van der Waals surface area contributed by atoms with Crippen molar-refractivity contribution in [1.29, 1.82) is 0 Å². The number of nitrogens with one attached hydrogen (secondary N) is 1. The number of hydrogen-bond acceptors (Lipinski definition) is 3. The lowest BCUT2D eigenvalue weighted by Crippen LogP contribution is -2.12. The van der Waals surface area contributed by atoms with Crippen molar-refractivity contribution in [1.82, 2.24) is 5.32 Å². The van der Waals surface area contributed by atoms with Gasteiger partial charge in [-0.2, -0.15) is 0 Å². The SMILES string of the molecule is COc1ccccc1C1NCCS1.Cl. The summed E-state index contributed by atoms with van der Waals surface area (Å²) < 4.78 is 5.30. The number of methoxy groups -OCH3 is 1. The summed E-state index contributed by atoms with van der Waals surface area (Å²) in [4.78, 5) is 0. The third-order valence-corrected chi connectivity index (χ3v) is 3.33. The predicted octanol–water partition coefficient (Wildman–Crippen LogP) is 2.45. The zero-order chi connectivity index (χ0) is 9.10. The average Bonchev–Trinajstić information content (AvgIpc) is 2.70. The molecule has 1 unspecified atom stereocenters. The fourth-order valence-electron chi connectivity index (χ4n) is 1.51. The van der Waals surface area contributed by atoms with Crippen molar-refractivity contribution in [2.75, 3.05) is 19.4 Å². The maximum atomic E-state index is 5.30. The number of rotatable bonds is 2. The number of hydrogen-bond donors (Lipinski definition) is 1. The second-order valence-corrected chi connectivity index (χ2v) is 4.16. The molecule has 78 valence electrons. The van der Waals surface area contributed by atoms with Crippen LogP contribution >= 0.6 is 24.2 Å². The molecule has 0 aliphatic carbocycles. The van der Waals surface area contributed by atoms with Gasteiger partial charge < -0.3 is 10.1 Å². The Morgan fingerprint density at radius 2 is 2.21 bits per heavy atom. The number of benzene rings is 1. The van der Waals surface area contributed by atoms with Gasteiger partial charge in [0.1, 0.15) is 5.75 Å². The lowest BCUT2D eigenvalue weighted by molar-refractivity contribution is 0.408. The minimum absolute atomic E-state index is 0. The van der Waals surface area contributed by atoms with Crippen molar-refractivity contribution in [3.05, 3.63) is 29.8 Å². The first-order valence-electron chi connectivity index (χ1n) is 4.40. The Bertz CT molecular complexity index is 289. The summed E-state index contributed by atoms with van der Waals surface area (Å²) >= 11 is 1.93. The van der Waals surface area contributed by atoms with Crippen LogP contribution in [0.5, 0.6) is 5.75 Å². The van der Waals surface area contributed by atoms with Crippen LogP contribution in [-0.4, -0.2) is 19.4 Å². The van der Waals surface area contributed by atoms with Crippen molar-refractivity contribution in [2.45, 2.75) is 5.37 Å². The maximum Gasteiger partial charge on any atom is 0.124 e. The van der Waals surface area contributed by atoms with E-state index in [1.165, 1.54) is 11.3 Å². The van der Waals surface area contributed by atoms with E-state index >= 15 is 0 Å². The van der Waals surface area contributed by atoms with Crippen molar-refractivity contribution >= 4 is 24.2 Å². The summed E-state index contributed by atoms with van der Waals surface area (Å²) in [6.07, 6.45) is 0. The molecule has 1 aliphatic rings. The highest BCUT2D eigenvalue weighted by molar-refractivity contribution is 7.99. The summed E-state index contributed by atoms with van der Waals surface area (Å²) in [7, 11) is 1.72. The highest BCUT2D eigenvalue weighted by Crippen LogP contribution is 2.35. The van der Waals surface area contributed by atoms with Crippen LogP contribution in [0.15, 0.2) is 24.3 Å². The zero-order valence-corrected chi connectivity index (χ0v) is 9.66. The molecule has 14 heavy (non-hydrogen) atoms.